The van der Waals surface area contributed by atoms with E-state index >= 15 is 0 Å². The fraction of sp³-hybridized carbons (Fsp3) is 0.923. The molecule has 22 aliphatic rings. The van der Waals surface area contributed by atoms with E-state index < -0.39 is 23.9 Å². The van der Waals surface area contributed by atoms with Gasteiger partial charge >= 0.3 is 53.7 Å². The standard InChI is InChI=1S/C22H36O2.C19H30O2.C19H32O2.2C15H24O2.C11H18O3.C10H16O3.C6H8O3/c1-4-14-11-15(5-2)20-17-12-16(19(14)20)13-18(17)21(23)24-22(6-3)9-7-8-10-22;1-4-19(10-13-5-6-15(19)7-13)21-18(20)17-9-14-8-16(17)12(3)11(14)2;1-6-11-8-12(7-2)17-14-9-13(16(11)17)10-15(14)18(20)21-19(3,4)5;2*1-3-8-5-9(4-2)14-11-6-10(13(8)14)7-12(11)15(16)17;1-3-8-7-11(9(4-2)14-8)5-6-13-10(11)12;1-3-7-6-5-12-10(11)9(6)8(4-2)13-7;1-3-4(2)6(8)9-5(3)7/h14-20H,4-13H2,1-3H3;11-17H,4-10H2,1-3H3;11-17H,6-10H2,1-5H3;2*8-14H,3-7H2,1-2H3,(H,16,17);8-9H,3-7H2,1-2H3;6-9H,3-5H2,1-2H3;3-4H,1-2H3. The summed E-state index contributed by atoms with van der Waals surface area (Å²) in [6, 6.07) is 0. The van der Waals surface area contributed by atoms with Crippen molar-refractivity contribution in [1.82, 2.24) is 0 Å². The van der Waals surface area contributed by atoms with E-state index in [2.05, 4.69) is 116 Å². The van der Waals surface area contributed by atoms with E-state index in [0.717, 1.165) is 239 Å². The topological polar surface area (TPSA) is 268 Å². The Hall–Kier alpha value is -4.65. The van der Waals surface area contributed by atoms with E-state index in [9.17, 15) is 53.4 Å². The second-order valence-electron chi connectivity index (χ2n) is 50.4. The number of carboxylic acid groups (broad SMARTS) is 2. The molecule has 19 heteroatoms. The lowest BCUT2D eigenvalue weighted by atomic mass is 9.70. The average Bonchev–Trinajstić information content (AvgIpc) is 1.57. The molecule has 17 saturated carbocycles. The Bertz CT molecular complexity index is 4020. The van der Waals surface area contributed by atoms with E-state index in [0.29, 0.717) is 60.6 Å². The zero-order valence-corrected chi connectivity index (χ0v) is 88.4. The number of carbonyl (C=O) groups is 9. The average molecular weight is 1900 g/mol. The predicted octanol–water partition coefficient (Wildman–Crippen LogP) is 25.1. The van der Waals surface area contributed by atoms with Crippen molar-refractivity contribution in [2.24, 2.45) is 236 Å². The van der Waals surface area contributed by atoms with Gasteiger partial charge in [-0.15, -0.1) is 0 Å². The maximum atomic E-state index is 13.1. The van der Waals surface area contributed by atoms with Crippen LogP contribution in [-0.4, -0.2) is 118 Å². The molecule has 0 aromatic heterocycles. The monoisotopic (exact) mass is 1900 g/mol. The molecule has 2 N–H and O–H groups in total. The van der Waals surface area contributed by atoms with Gasteiger partial charge in [-0.05, 0) is 385 Å². The molecule has 45 atom stereocenters. The molecule has 1 spiro atoms. The Balaban J connectivity index is 0.000000120. The maximum absolute atomic E-state index is 13.1. The van der Waals surface area contributed by atoms with Crippen LogP contribution < -0.4 is 0 Å². The number of carbonyl (C=O) groups excluding carboxylic acids is 7. The maximum Gasteiger partial charge on any atom is 0.317 e. The lowest BCUT2D eigenvalue weighted by molar-refractivity contribution is -0.175. The van der Waals surface area contributed by atoms with Crippen LogP contribution in [0.2, 0.25) is 0 Å². The van der Waals surface area contributed by atoms with Gasteiger partial charge in [0.15, 0.2) is 0 Å². The third-order valence-corrected chi connectivity index (χ3v) is 44.1. The number of hydrogen-bond donors (Lipinski definition) is 2. The molecular weight excluding hydrogens is 1710 g/mol. The summed E-state index contributed by atoms with van der Waals surface area (Å²) in [5, 5.41) is 18.7. The van der Waals surface area contributed by atoms with E-state index in [-0.39, 0.29) is 124 Å². The van der Waals surface area contributed by atoms with Crippen molar-refractivity contribution in [2.75, 3.05) is 13.2 Å². The van der Waals surface area contributed by atoms with Crippen LogP contribution in [0.5, 0.6) is 0 Å². The summed E-state index contributed by atoms with van der Waals surface area (Å²) in [6.07, 6.45) is 45.6. The zero-order valence-electron chi connectivity index (χ0n) is 88.4. The molecule has 136 heavy (non-hydrogen) atoms. The molecule has 5 aliphatic heterocycles. The number of cyclic esters (lactones) is 4. The summed E-state index contributed by atoms with van der Waals surface area (Å²) >= 11 is 0. The molecule has 22 fully saturated rings. The number of carboxylic acids is 2. The van der Waals surface area contributed by atoms with Crippen LogP contribution in [0.3, 0.4) is 0 Å². The van der Waals surface area contributed by atoms with Gasteiger partial charge in [0.25, 0.3) is 0 Å². The van der Waals surface area contributed by atoms with E-state index in [1.807, 2.05) is 20.8 Å². The van der Waals surface area contributed by atoms with Gasteiger partial charge in [0, 0.05) is 12.3 Å². The van der Waals surface area contributed by atoms with Gasteiger partial charge in [-0.1, -0.05) is 176 Å². The Morgan fingerprint density at radius 3 is 1.16 bits per heavy atom. The fourth-order valence-electron chi connectivity index (χ4n) is 37.3. The van der Waals surface area contributed by atoms with Crippen LogP contribution in [0.15, 0.2) is 0 Å². The normalized spacial score (nSPS) is 47.1. The van der Waals surface area contributed by atoms with Gasteiger partial charge in [0.1, 0.15) is 16.8 Å². The number of ether oxygens (including phenoxy) is 8. The van der Waals surface area contributed by atoms with Crippen molar-refractivity contribution < 1.29 is 91.3 Å². The Labute approximate surface area is 820 Å². The number of fused-ring (bicyclic) bond motifs is 25. The largest absolute Gasteiger partial charge is 0.481 e. The molecule has 5 heterocycles. The van der Waals surface area contributed by atoms with Gasteiger partial charge in [-0.25, -0.2) is 0 Å². The van der Waals surface area contributed by atoms with Crippen LogP contribution in [0, 0.1) is 236 Å². The van der Waals surface area contributed by atoms with Crippen LogP contribution in [0.25, 0.3) is 0 Å². The number of rotatable bonds is 21. The van der Waals surface area contributed by atoms with Crippen LogP contribution in [0.1, 0.15) is 389 Å². The number of aliphatic carboxylic acids is 2. The first-order valence-corrected chi connectivity index (χ1v) is 57.5. The molecule has 17 aliphatic carbocycles. The summed E-state index contributed by atoms with van der Waals surface area (Å²) in [5.41, 5.74) is -0.833. The molecule has 0 aromatic carbocycles. The summed E-state index contributed by atoms with van der Waals surface area (Å²) < 4.78 is 44.3. The SMILES string of the molecule is CC1C(=O)OC(=O)C1C.CCC1(OC(=O)C2CC3CC2C(C)C3C)CC2CCC1C2.CCC1CC(CC)C2C3CC(CC3C(=O)O)C12.CCC1CC(CC)C2C3CC(CC3C(=O)O)C12.CCC1CC(CC)C2C3CC(CC3C(=O)OC(C)(C)C)C12.CCC1CC(CC)C2C3CC(CC3C(=O)OC3(CC)CCCC3)C12.CCC1CC2(CCOC2=O)C(CC)O1.CCC1OC(CC)C2C(=O)OCC12. The molecule has 19 nitrogen and oxygen atoms in total. The first-order valence-electron chi connectivity index (χ1n) is 57.5. The van der Waals surface area contributed by atoms with Crippen molar-refractivity contribution in [3.63, 3.8) is 0 Å². The lowest BCUT2D eigenvalue weighted by Crippen LogP contribution is -2.43. The minimum Gasteiger partial charge on any atom is -0.481 e. The molecule has 22 rings (SSSR count). The summed E-state index contributed by atoms with van der Waals surface area (Å²) in [7, 11) is 0. The van der Waals surface area contributed by atoms with Gasteiger partial charge < -0.3 is 48.1 Å². The first kappa shape index (κ1) is 106. The molecule has 45 unspecified atom stereocenters. The smallest absolute Gasteiger partial charge is 0.317 e. The van der Waals surface area contributed by atoms with Gasteiger partial charge in [0.2, 0.25) is 0 Å². The summed E-state index contributed by atoms with van der Waals surface area (Å²) in [5.74, 6) is 22.6. The minimum atomic E-state index is -0.522. The summed E-state index contributed by atoms with van der Waals surface area (Å²) in [6.45, 7) is 46.6. The third-order valence-electron chi connectivity index (χ3n) is 44.1. The fourth-order valence-corrected chi connectivity index (χ4v) is 37.3. The van der Waals surface area contributed by atoms with E-state index in [4.69, 9.17) is 33.2 Å². The van der Waals surface area contributed by atoms with Crippen LogP contribution >= 0.6 is 0 Å². The first-order chi connectivity index (χ1) is 65.0. The van der Waals surface area contributed by atoms with Gasteiger partial charge in [-0.3, -0.25) is 43.2 Å². The number of hydrogen-bond acceptors (Lipinski definition) is 17. The van der Waals surface area contributed by atoms with Gasteiger partial charge in [0.05, 0.1) is 90.4 Å². The van der Waals surface area contributed by atoms with Crippen molar-refractivity contribution in [3.05, 3.63) is 0 Å². The molecule has 770 valence electrons. The van der Waals surface area contributed by atoms with Crippen LogP contribution in [0.4, 0.5) is 0 Å². The lowest BCUT2D eigenvalue weighted by Gasteiger charge is -2.39. The van der Waals surface area contributed by atoms with Crippen molar-refractivity contribution in [1.29, 1.82) is 0 Å². The van der Waals surface area contributed by atoms with Crippen molar-refractivity contribution in [2.45, 2.75) is 431 Å². The molecule has 12 bridgehead atoms. The highest BCUT2D eigenvalue weighted by atomic mass is 16.6. The second kappa shape index (κ2) is 43.7. The Kier molecular flexibility index (Phi) is 34.0. The quantitative estimate of drug-likeness (QED) is 0.0614. The predicted molar refractivity (Wildman–Crippen MR) is 525 cm³/mol. The van der Waals surface area contributed by atoms with Gasteiger partial charge in [-0.2, -0.15) is 0 Å². The van der Waals surface area contributed by atoms with E-state index in [1.54, 1.807) is 13.8 Å². The highest BCUT2D eigenvalue weighted by molar-refractivity contribution is 5.96. The molecule has 0 amide bonds. The molecule has 5 saturated heterocycles. The Morgan fingerprint density at radius 1 is 0.390 bits per heavy atom. The third kappa shape index (κ3) is 20.0. The summed E-state index contributed by atoms with van der Waals surface area (Å²) in [4.78, 5) is 105. The molecule has 0 radical (unpaired) electrons. The van der Waals surface area contributed by atoms with E-state index in [1.165, 1.54) is 141 Å². The molecule has 0 aromatic rings. The Morgan fingerprint density at radius 2 is 0.809 bits per heavy atom. The zero-order chi connectivity index (χ0) is 98.0. The minimum absolute atomic E-state index is 0.00842. The van der Waals surface area contributed by atoms with Crippen LogP contribution in [-0.2, 0) is 81.0 Å². The second-order valence-corrected chi connectivity index (χ2v) is 50.4. The highest BCUT2D eigenvalue weighted by Gasteiger charge is 2.68. The van der Waals surface area contributed by atoms with Crippen molar-refractivity contribution >= 4 is 53.7 Å². The number of esters is 7. The molecular formula is C117H188O19. The van der Waals surface area contributed by atoms with Crippen molar-refractivity contribution in [3.8, 4) is 0 Å². The highest BCUT2D eigenvalue weighted by Crippen LogP contribution is 2.71.